The predicted octanol–water partition coefficient (Wildman–Crippen LogP) is 3.35. The Kier molecular flexibility index (Phi) is 3.98. The van der Waals surface area contributed by atoms with Gasteiger partial charge in [0.2, 0.25) is 0 Å². The lowest BCUT2D eigenvalue weighted by atomic mass is 10.3. The van der Waals surface area contributed by atoms with E-state index in [0.717, 1.165) is 11.3 Å². The predicted molar refractivity (Wildman–Crippen MR) is 82.3 cm³/mol. The number of ether oxygens (including phenoxy) is 2. The van der Waals surface area contributed by atoms with E-state index in [1.165, 1.54) is 7.11 Å². The van der Waals surface area contributed by atoms with Crippen LogP contribution in [0.5, 0.6) is 5.75 Å². The van der Waals surface area contributed by atoms with Gasteiger partial charge in [0.25, 0.3) is 0 Å². The second-order valence-electron chi connectivity index (χ2n) is 4.63. The third kappa shape index (κ3) is 2.89. The van der Waals surface area contributed by atoms with E-state index in [9.17, 15) is 4.79 Å². The Morgan fingerprint density at radius 2 is 2.05 bits per heavy atom. The number of benzene rings is 1. The van der Waals surface area contributed by atoms with Crippen LogP contribution in [0, 0.1) is 0 Å². The van der Waals surface area contributed by atoms with Crippen LogP contribution in [0.4, 0.5) is 0 Å². The van der Waals surface area contributed by atoms with Crippen LogP contribution in [0.2, 0.25) is 5.02 Å². The summed E-state index contributed by atoms with van der Waals surface area (Å²) in [7, 11) is 1.35. The number of aromatic nitrogens is 2. The van der Waals surface area contributed by atoms with Gasteiger partial charge < -0.3 is 13.9 Å². The molecule has 0 spiro atoms. The number of carbonyl (C=O) groups excluding carboxylic acids is 1. The SMILES string of the molecule is COC(=O)c1ccc2nc(COc3ccccc3Cl)cn2c1. The first-order chi connectivity index (χ1) is 10.7. The third-order valence-electron chi connectivity index (χ3n) is 3.13. The van der Waals surface area contributed by atoms with Gasteiger partial charge in [0.05, 0.1) is 23.4 Å². The molecule has 0 aliphatic carbocycles. The number of hydrogen-bond donors (Lipinski definition) is 0. The number of nitrogens with zero attached hydrogens (tertiary/aromatic N) is 2. The standard InChI is InChI=1S/C16H13ClN2O3/c1-21-16(20)11-6-7-15-18-12(9-19(15)8-11)10-22-14-5-3-2-4-13(14)17/h2-9H,10H2,1H3. The molecule has 0 aliphatic heterocycles. The molecule has 0 bridgehead atoms. The monoisotopic (exact) mass is 316 g/mol. The summed E-state index contributed by atoms with van der Waals surface area (Å²) in [6, 6.07) is 10.7. The van der Waals surface area contributed by atoms with Crippen molar-refractivity contribution in [3.63, 3.8) is 0 Å². The van der Waals surface area contributed by atoms with Gasteiger partial charge in [-0.1, -0.05) is 23.7 Å². The fourth-order valence-electron chi connectivity index (χ4n) is 2.07. The topological polar surface area (TPSA) is 52.8 Å². The first kappa shape index (κ1) is 14.4. The second-order valence-corrected chi connectivity index (χ2v) is 5.03. The van der Waals surface area contributed by atoms with E-state index in [2.05, 4.69) is 4.98 Å². The highest BCUT2D eigenvalue weighted by Crippen LogP contribution is 2.24. The summed E-state index contributed by atoms with van der Waals surface area (Å²) in [6.45, 7) is 0.291. The molecule has 0 saturated carbocycles. The number of esters is 1. The number of para-hydroxylation sites is 1. The molecule has 3 rings (SSSR count). The van der Waals surface area contributed by atoms with E-state index < -0.39 is 0 Å². The zero-order valence-electron chi connectivity index (χ0n) is 11.8. The Morgan fingerprint density at radius 1 is 1.23 bits per heavy atom. The molecule has 112 valence electrons. The van der Waals surface area contributed by atoms with Gasteiger partial charge in [-0.2, -0.15) is 0 Å². The molecular formula is C16H13ClN2O3. The first-order valence-corrected chi connectivity index (χ1v) is 6.98. The summed E-state index contributed by atoms with van der Waals surface area (Å²) in [5, 5.41) is 0.555. The lowest BCUT2D eigenvalue weighted by molar-refractivity contribution is 0.0600. The molecule has 1 aromatic carbocycles. The molecule has 5 nitrogen and oxygen atoms in total. The summed E-state index contributed by atoms with van der Waals surface area (Å²) in [4.78, 5) is 15.9. The number of hydrogen-bond acceptors (Lipinski definition) is 4. The van der Waals surface area contributed by atoms with Crippen molar-refractivity contribution in [1.82, 2.24) is 9.38 Å². The van der Waals surface area contributed by atoms with Crippen molar-refractivity contribution < 1.29 is 14.3 Å². The van der Waals surface area contributed by atoms with E-state index in [0.29, 0.717) is 22.9 Å². The third-order valence-corrected chi connectivity index (χ3v) is 3.45. The van der Waals surface area contributed by atoms with Crippen molar-refractivity contribution in [2.24, 2.45) is 0 Å². The van der Waals surface area contributed by atoms with Gasteiger partial charge in [-0.15, -0.1) is 0 Å². The van der Waals surface area contributed by atoms with E-state index in [4.69, 9.17) is 21.1 Å². The molecule has 0 amide bonds. The Morgan fingerprint density at radius 3 is 2.82 bits per heavy atom. The van der Waals surface area contributed by atoms with Crippen LogP contribution in [0.25, 0.3) is 5.65 Å². The highest BCUT2D eigenvalue weighted by Gasteiger charge is 2.09. The zero-order valence-corrected chi connectivity index (χ0v) is 12.6. The van der Waals surface area contributed by atoms with E-state index in [1.807, 2.05) is 12.1 Å². The molecule has 6 heteroatoms. The van der Waals surface area contributed by atoms with Crippen molar-refractivity contribution in [3.8, 4) is 5.75 Å². The molecule has 22 heavy (non-hydrogen) atoms. The molecule has 0 aliphatic rings. The van der Waals surface area contributed by atoms with Crippen LogP contribution in [0.3, 0.4) is 0 Å². The number of methoxy groups -OCH3 is 1. The maximum absolute atomic E-state index is 11.5. The average Bonchev–Trinajstić information content (AvgIpc) is 2.95. The van der Waals surface area contributed by atoms with Gasteiger partial charge in [0.1, 0.15) is 18.0 Å². The van der Waals surface area contributed by atoms with Crippen LogP contribution >= 0.6 is 11.6 Å². The largest absolute Gasteiger partial charge is 0.486 e. The summed E-state index contributed by atoms with van der Waals surface area (Å²) in [5.74, 6) is 0.223. The van der Waals surface area contributed by atoms with Crippen LogP contribution in [0.15, 0.2) is 48.8 Å². The second kappa shape index (κ2) is 6.07. The van der Waals surface area contributed by atoms with Gasteiger partial charge in [0, 0.05) is 12.4 Å². The van der Waals surface area contributed by atoms with Crippen molar-refractivity contribution in [3.05, 3.63) is 65.1 Å². The Bertz CT molecular complexity index is 829. The molecule has 0 unspecified atom stereocenters. The highest BCUT2D eigenvalue weighted by molar-refractivity contribution is 6.32. The molecule has 2 aromatic heterocycles. The molecule has 0 saturated heterocycles. The summed E-state index contributed by atoms with van der Waals surface area (Å²) < 4.78 is 12.1. The lowest BCUT2D eigenvalue weighted by Crippen LogP contribution is -2.02. The van der Waals surface area contributed by atoms with E-state index in [-0.39, 0.29) is 5.97 Å². The fourth-order valence-corrected chi connectivity index (χ4v) is 2.26. The maximum Gasteiger partial charge on any atom is 0.339 e. The minimum absolute atomic E-state index is 0.291. The van der Waals surface area contributed by atoms with Gasteiger partial charge in [-0.25, -0.2) is 9.78 Å². The molecule has 0 fully saturated rings. The summed E-state index contributed by atoms with van der Waals surface area (Å²) in [5.41, 5.74) is 1.93. The Balaban J connectivity index is 1.80. The quantitative estimate of drug-likeness (QED) is 0.693. The number of carbonyl (C=O) groups is 1. The smallest absolute Gasteiger partial charge is 0.339 e. The molecular weight excluding hydrogens is 304 g/mol. The molecule has 2 heterocycles. The van der Waals surface area contributed by atoms with Crippen LogP contribution < -0.4 is 4.74 Å². The normalized spacial score (nSPS) is 10.6. The molecule has 0 radical (unpaired) electrons. The van der Waals surface area contributed by atoms with E-state index >= 15 is 0 Å². The molecule has 0 atom stereocenters. The fraction of sp³-hybridized carbons (Fsp3) is 0.125. The summed E-state index contributed by atoms with van der Waals surface area (Å²) in [6.07, 6.45) is 3.48. The van der Waals surface area contributed by atoms with Crippen molar-refractivity contribution >= 4 is 23.2 Å². The van der Waals surface area contributed by atoms with Crippen molar-refractivity contribution in [2.45, 2.75) is 6.61 Å². The van der Waals surface area contributed by atoms with Crippen LogP contribution in [-0.4, -0.2) is 22.5 Å². The number of pyridine rings is 1. The van der Waals surface area contributed by atoms with Crippen molar-refractivity contribution in [2.75, 3.05) is 7.11 Å². The molecule has 0 N–H and O–H groups in total. The van der Waals surface area contributed by atoms with Crippen molar-refractivity contribution in [1.29, 1.82) is 0 Å². The number of imidazole rings is 1. The maximum atomic E-state index is 11.5. The number of rotatable bonds is 4. The van der Waals surface area contributed by atoms with Gasteiger partial charge in [0.15, 0.2) is 0 Å². The number of halogens is 1. The van der Waals surface area contributed by atoms with E-state index in [1.54, 1.807) is 41.1 Å². The first-order valence-electron chi connectivity index (χ1n) is 6.60. The summed E-state index contributed by atoms with van der Waals surface area (Å²) >= 11 is 6.04. The van der Waals surface area contributed by atoms with Crippen LogP contribution in [-0.2, 0) is 11.3 Å². The van der Waals surface area contributed by atoms with Gasteiger partial charge in [-0.05, 0) is 24.3 Å². The minimum atomic E-state index is -0.385. The van der Waals surface area contributed by atoms with Gasteiger partial charge in [-0.3, -0.25) is 0 Å². The Hall–Kier alpha value is -2.53. The number of fused-ring (bicyclic) bond motifs is 1. The lowest BCUT2D eigenvalue weighted by Gasteiger charge is -2.05. The van der Waals surface area contributed by atoms with Gasteiger partial charge >= 0.3 is 5.97 Å². The average molecular weight is 317 g/mol. The highest BCUT2D eigenvalue weighted by atomic mass is 35.5. The zero-order chi connectivity index (χ0) is 15.5. The molecule has 3 aromatic rings. The minimum Gasteiger partial charge on any atom is -0.486 e. The Labute approximate surface area is 132 Å². The van der Waals surface area contributed by atoms with Crippen LogP contribution in [0.1, 0.15) is 16.1 Å².